The molecule has 1 aromatic carbocycles. The van der Waals surface area contributed by atoms with Gasteiger partial charge in [-0.3, -0.25) is 0 Å². The van der Waals surface area contributed by atoms with E-state index in [2.05, 4.69) is 48.7 Å². The maximum atomic E-state index is 3.73. The summed E-state index contributed by atoms with van der Waals surface area (Å²) in [6.07, 6.45) is 6.59. The summed E-state index contributed by atoms with van der Waals surface area (Å²) in [4.78, 5) is 0. The highest BCUT2D eigenvalue weighted by molar-refractivity contribution is 5.53. The molecular formula is C16H26N2. The molecule has 1 aliphatic rings. The van der Waals surface area contributed by atoms with Gasteiger partial charge in [-0.1, -0.05) is 38.0 Å². The Hall–Kier alpha value is -1.02. The molecule has 2 nitrogen and oxygen atoms in total. The molecule has 0 spiro atoms. The number of benzene rings is 1. The molecule has 0 heterocycles. The molecule has 0 aromatic heterocycles. The van der Waals surface area contributed by atoms with Gasteiger partial charge in [0, 0.05) is 17.8 Å². The second-order valence-corrected chi connectivity index (χ2v) is 5.39. The van der Waals surface area contributed by atoms with Gasteiger partial charge in [0.05, 0.1) is 0 Å². The fourth-order valence-electron chi connectivity index (χ4n) is 2.77. The highest BCUT2D eigenvalue weighted by Crippen LogP contribution is 2.27. The fraction of sp³-hybridized carbons (Fsp3) is 0.625. The zero-order chi connectivity index (χ0) is 12.8. The molecule has 1 fully saturated rings. The lowest BCUT2D eigenvalue weighted by atomic mass is 10.0. The molecule has 0 bridgehead atoms. The lowest BCUT2D eigenvalue weighted by Gasteiger charge is -2.21. The van der Waals surface area contributed by atoms with Crippen LogP contribution in [0.1, 0.15) is 57.6 Å². The molecule has 1 atom stereocenters. The van der Waals surface area contributed by atoms with Crippen LogP contribution in [0.2, 0.25) is 0 Å². The SMILES string of the molecule is CCCNC(C)c1ccccc1NC1CCCC1. The van der Waals surface area contributed by atoms with Gasteiger partial charge in [0.15, 0.2) is 0 Å². The molecule has 1 aromatic rings. The van der Waals surface area contributed by atoms with Crippen molar-refractivity contribution >= 4 is 5.69 Å². The van der Waals surface area contributed by atoms with E-state index in [9.17, 15) is 0 Å². The summed E-state index contributed by atoms with van der Waals surface area (Å²) in [6.45, 7) is 5.55. The summed E-state index contributed by atoms with van der Waals surface area (Å²) in [5, 5.41) is 7.30. The van der Waals surface area contributed by atoms with Crippen LogP contribution in [-0.4, -0.2) is 12.6 Å². The van der Waals surface area contributed by atoms with E-state index in [-0.39, 0.29) is 0 Å². The Morgan fingerprint density at radius 3 is 2.67 bits per heavy atom. The van der Waals surface area contributed by atoms with Crippen molar-refractivity contribution < 1.29 is 0 Å². The third kappa shape index (κ3) is 3.49. The number of hydrogen-bond acceptors (Lipinski definition) is 2. The van der Waals surface area contributed by atoms with Crippen molar-refractivity contribution in [3.63, 3.8) is 0 Å². The van der Waals surface area contributed by atoms with Crippen molar-refractivity contribution in [3.8, 4) is 0 Å². The molecule has 18 heavy (non-hydrogen) atoms. The Bertz CT molecular complexity index is 356. The third-order valence-electron chi connectivity index (χ3n) is 3.84. The number of anilines is 1. The molecule has 2 heteroatoms. The molecule has 0 aliphatic heterocycles. The predicted octanol–water partition coefficient (Wildman–Crippen LogP) is 4.10. The zero-order valence-corrected chi connectivity index (χ0v) is 11.7. The normalized spacial score (nSPS) is 17.9. The Labute approximate surface area is 111 Å². The number of nitrogens with one attached hydrogen (secondary N) is 2. The van der Waals surface area contributed by atoms with Crippen molar-refractivity contribution in [2.75, 3.05) is 11.9 Å². The van der Waals surface area contributed by atoms with Gasteiger partial charge in [-0.2, -0.15) is 0 Å². The van der Waals surface area contributed by atoms with Crippen LogP contribution in [0.15, 0.2) is 24.3 Å². The second-order valence-electron chi connectivity index (χ2n) is 5.39. The van der Waals surface area contributed by atoms with Gasteiger partial charge >= 0.3 is 0 Å². The average Bonchev–Trinajstić information content (AvgIpc) is 2.89. The van der Waals surface area contributed by atoms with Crippen molar-refractivity contribution in [1.82, 2.24) is 5.32 Å². The van der Waals surface area contributed by atoms with Crippen LogP contribution in [0.4, 0.5) is 5.69 Å². The molecule has 2 rings (SSSR count). The lowest BCUT2D eigenvalue weighted by Crippen LogP contribution is -2.22. The Morgan fingerprint density at radius 2 is 1.94 bits per heavy atom. The molecule has 2 N–H and O–H groups in total. The molecule has 0 radical (unpaired) electrons. The highest BCUT2D eigenvalue weighted by atomic mass is 14.9. The van der Waals surface area contributed by atoms with E-state index in [0.29, 0.717) is 12.1 Å². The van der Waals surface area contributed by atoms with Gasteiger partial charge in [-0.05, 0) is 44.4 Å². The van der Waals surface area contributed by atoms with Gasteiger partial charge in [-0.25, -0.2) is 0 Å². The maximum absolute atomic E-state index is 3.73. The minimum atomic E-state index is 0.426. The van der Waals surface area contributed by atoms with E-state index >= 15 is 0 Å². The van der Waals surface area contributed by atoms with Crippen molar-refractivity contribution in [1.29, 1.82) is 0 Å². The number of rotatable bonds is 6. The number of para-hydroxylation sites is 1. The fourth-order valence-corrected chi connectivity index (χ4v) is 2.77. The van der Waals surface area contributed by atoms with E-state index < -0.39 is 0 Å². The predicted molar refractivity (Wildman–Crippen MR) is 79.0 cm³/mol. The monoisotopic (exact) mass is 246 g/mol. The summed E-state index contributed by atoms with van der Waals surface area (Å²) in [5.41, 5.74) is 2.72. The Morgan fingerprint density at radius 1 is 1.22 bits per heavy atom. The van der Waals surface area contributed by atoms with Crippen LogP contribution >= 0.6 is 0 Å². The van der Waals surface area contributed by atoms with E-state index in [1.165, 1.54) is 43.4 Å². The first kappa shape index (κ1) is 13.4. The number of hydrogen-bond donors (Lipinski definition) is 2. The Kier molecular flexibility index (Phi) is 5.06. The van der Waals surface area contributed by atoms with Crippen molar-refractivity contribution in [3.05, 3.63) is 29.8 Å². The first-order chi connectivity index (χ1) is 8.81. The van der Waals surface area contributed by atoms with Gasteiger partial charge in [0.2, 0.25) is 0 Å². The van der Waals surface area contributed by atoms with Crippen LogP contribution in [-0.2, 0) is 0 Å². The van der Waals surface area contributed by atoms with Crippen LogP contribution in [0.5, 0.6) is 0 Å². The van der Waals surface area contributed by atoms with E-state index in [0.717, 1.165) is 6.54 Å². The van der Waals surface area contributed by atoms with Gasteiger partial charge in [-0.15, -0.1) is 0 Å². The van der Waals surface area contributed by atoms with Crippen LogP contribution in [0.3, 0.4) is 0 Å². The molecule has 1 saturated carbocycles. The molecule has 0 amide bonds. The van der Waals surface area contributed by atoms with Crippen LogP contribution in [0, 0.1) is 0 Å². The minimum Gasteiger partial charge on any atom is -0.382 e. The lowest BCUT2D eigenvalue weighted by molar-refractivity contribution is 0.570. The summed E-state index contributed by atoms with van der Waals surface area (Å²) in [5.74, 6) is 0. The van der Waals surface area contributed by atoms with Gasteiger partial charge in [0.1, 0.15) is 0 Å². The smallest absolute Gasteiger partial charge is 0.0390 e. The van der Waals surface area contributed by atoms with Gasteiger partial charge in [0.25, 0.3) is 0 Å². The zero-order valence-electron chi connectivity index (χ0n) is 11.7. The largest absolute Gasteiger partial charge is 0.382 e. The summed E-state index contributed by atoms with van der Waals surface area (Å²) in [7, 11) is 0. The molecule has 100 valence electrons. The average molecular weight is 246 g/mol. The quantitative estimate of drug-likeness (QED) is 0.789. The first-order valence-corrected chi connectivity index (χ1v) is 7.40. The maximum Gasteiger partial charge on any atom is 0.0390 e. The minimum absolute atomic E-state index is 0.426. The first-order valence-electron chi connectivity index (χ1n) is 7.40. The van der Waals surface area contributed by atoms with Gasteiger partial charge < -0.3 is 10.6 Å². The molecule has 1 aliphatic carbocycles. The van der Waals surface area contributed by atoms with E-state index in [1.807, 2.05) is 0 Å². The van der Waals surface area contributed by atoms with Crippen molar-refractivity contribution in [2.24, 2.45) is 0 Å². The van der Waals surface area contributed by atoms with E-state index in [4.69, 9.17) is 0 Å². The third-order valence-corrected chi connectivity index (χ3v) is 3.84. The topological polar surface area (TPSA) is 24.1 Å². The second kappa shape index (κ2) is 6.79. The molecule has 0 saturated heterocycles. The van der Waals surface area contributed by atoms with Crippen molar-refractivity contribution in [2.45, 2.75) is 58.0 Å². The summed E-state index contributed by atoms with van der Waals surface area (Å²) in [6, 6.07) is 9.84. The summed E-state index contributed by atoms with van der Waals surface area (Å²) < 4.78 is 0. The molecular weight excluding hydrogens is 220 g/mol. The summed E-state index contributed by atoms with van der Waals surface area (Å²) >= 11 is 0. The van der Waals surface area contributed by atoms with Crippen LogP contribution < -0.4 is 10.6 Å². The van der Waals surface area contributed by atoms with E-state index in [1.54, 1.807) is 0 Å². The standard InChI is InChI=1S/C16H26N2/c1-3-12-17-13(2)15-10-6-7-11-16(15)18-14-8-4-5-9-14/h6-7,10-11,13-14,17-18H,3-5,8-9,12H2,1-2H3. The molecule has 1 unspecified atom stereocenters. The van der Waals surface area contributed by atoms with Crippen LogP contribution in [0.25, 0.3) is 0 Å². The Balaban J connectivity index is 2.04. The highest BCUT2D eigenvalue weighted by Gasteiger charge is 2.17.